The Morgan fingerprint density at radius 1 is 1.23 bits per heavy atom. The van der Waals surface area contributed by atoms with Crippen molar-refractivity contribution in [2.45, 2.75) is 12.8 Å². The van der Waals surface area contributed by atoms with Gasteiger partial charge < -0.3 is 15.2 Å². The van der Waals surface area contributed by atoms with E-state index in [1.807, 2.05) is 0 Å². The van der Waals surface area contributed by atoms with E-state index in [1.54, 1.807) is 30.3 Å². The van der Waals surface area contributed by atoms with E-state index < -0.39 is 11.9 Å². The number of carbonyl (C=O) groups excluding carboxylic acids is 3. The predicted octanol–water partition coefficient (Wildman–Crippen LogP) is 1.72. The van der Waals surface area contributed by atoms with Crippen LogP contribution in [0.1, 0.15) is 28.2 Å². The van der Waals surface area contributed by atoms with E-state index in [2.05, 4.69) is 20.0 Å². The first kappa shape index (κ1) is 21.7. The van der Waals surface area contributed by atoms with Crippen LogP contribution in [0, 0.1) is 22.7 Å². The Morgan fingerprint density at radius 3 is 2.60 bits per heavy atom. The Bertz CT molecular complexity index is 1110. The molecule has 10 nitrogen and oxygen atoms in total. The number of nitriles is 2. The maximum absolute atomic E-state index is 11.3. The van der Waals surface area contributed by atoms with Crippen molar-refractivity contribution in [2.75, 3.05) is 12.4 Å². The van der Waals surface area contributed by atoms with Crippen LogP contribution in [0.3, 0.4) is 0 Å². The minimum Gasteiger partial charge on any atom is -0.504 e. The summed E-state index contributed by atoms with van der Waals surface area (Å²) in [5, 5.41) is 28.9. The number of carbonyl (C=O) groups is 3. The molecule has 2 heterocycles. The number of aliphatic hydroxyl groups is 1. The predicted molar refractivity (Wildman–Crippen MR) is 103 cm³/mol. The maximum atomic E-state index is 11.3. The zero-order chi connectivity index (χ0) is 22.1. The van der Waals surface area contributed by atoms with Gasteiger partial charge in [-0.3, -0.25) is 14.6 Å². The number of fused-ring (bicyclic) bond motifs is 1. The number of aromatic nitrogens is 2. The lowest BCUT2D eigenvalue weighted by Crippen LogP contribution is -2.15. The van der Waals surface area contributed by atoms with Crippen LogP contribution in [-0.4, -0.2) is 39.8 Å². The highest BCUT2D eigenvalue weighted by Crippen LogP contribution is 2.24. The molecule has 2 aromatic rings. The summed E-state index contributed by atoms with van der Waals surface area (Å²) in [5.41, 5.74) is 1.04. The number of pyridine rings is 2. The van der Waals surface area contributed by atoms with Gasteiger partial charge in [0.1, 0.15) is 23.8 Å². The third-order valence-corrected chi connectivity index (χ3v) is 3.79. The molecule has 1 amide bonds. The molecule has 1 aliphatic rings. The molecule has 150 valence electrons. The first-order valence-corrected chi connectivity index (χ1v) is 8.43. The van der Waals surface area contributed by atoms with Crippen molar-refractivity contribution in [1.29, 1.82) is 10.5 Å². The Kier molecular flexibility index (Phi) is 7.32. The van der Waals surface area contributed by atoms with Gasteiger partial charge >= 0.3 is 5.97 Å². The van der Waals surface area contributed by atoms with E-state index >= 15 is 0 Å². The molecule has 0 fully saturated rings. The van der Waals surface area contributed by atoms with Gasteiger partial charge in [0.05, 0.1) is 18.9 Å². The number of rotatable bonds is 3. The number of esters is 1. The molecular formula is C20H15N5O5. The molecule has 0 aromatic carbocycles. The van der Waals surface area contributed by atoms with E-state index in [1.165, 1.54) is 25.6 Å². The molecule has 0 saturated carbocycles. The molecular weight excluding hydrogens is 390 g/mol. The summed E-state index contributed by atoms with van der Waals surface area (Å²) >= 11 is 0. The fraction of sp³-hybridized carbons (Fsp3) is 0.150. The molecule has 30 heavy (non-hydrogen) atoms. The Balaban J connectivity index is 0.000000215. The van der Waals surface area contributed by atoms with Gasteiger partial charge in [-0.2, -0.15) is 10.5 Å². The van der Waals surface area contributed by atoms with Gasteiger partial charge in [-0.1, -0.05) is 6.07 Å². The topological polar surface area (TPSA) is 166 Å². The van der Waals surface area contributed by atoms with Crippen LogP contribution in [0.2, 0.25) is 0 Å². The quantitative estimate of drug-likeness (QED) is 0.723. The van der Waals surface area contributed by atoms with Crippen molar-refractivity contribution < 1.29 is 24.2 Å². The molecule has 2 aromatic heterocycles. The fourth-order valence-corrected chi connectivity index (χ4v) is 2.45. The van der Waals surface area contributed by atoms with Gasteiger partial charge in [0.15, 0.2) is 17.2 Å². The molecule has 0 atom stereocenters. The number of Topliss-reactive ketones (excluding diaryl/α,β-unsaturated/α-hetero) is 1. The molecule has 0 spiro atoms. The second kappa shape index (κ2) is 10.1. The SMILES string of the molecule is COC(=O)c1ncccc1NC(=O)CC#N.N#CC1=C(O)c2ncccc2CC1=O. The van der Waals surface area contributed by atoms with E-state index in [0.29, 0.717) is 11.3 Å². The number of hydrogen-bond acceptors (Lipinski definition) is 9. The zero-order valence-electron chi connectivity index (χ0n) is 15.7. The molecule has 1 aliphatic carbocycles. The lowest BCUT2D eigenvalue weighted by molar-refractivity contribution is -0.115. The number of allylic oxidation sites excluding steroid dienone is 1. The molecule has 0 unspecified atom stereocenters. The highest BCUT2D eigenvalue weighted by atomic mass is 16.5. The highest BCUT2D eigenvalue weighted by Gasteiger charge is 2.25. The Hall–Kier alpha value is -4.57. The molecule has 10 heteroatoms. The Morgan fingerprint density at radius 2 is 1.93 bits per heavy atom. The molecule has 0 radical (unpaired) electrons. The normalized spacial score (nSPS) is 11.8. The number of anilines is 1. The molecule has 0 bridgehead atoms. The molecule has 0 aliphatic heterocycles. The van der Waals surface area contributed by atoms with Crippen LogP contribution in [0.4, 0.5) is 5.69 Å². The summed E-state index contributed by atoms with van der Waals surface area (Å²) in [6, 6.07) is 9.86. The van der Waals surface area contributed by atoms with Crippen LogP contribution in [-0.2, 0) is 20.7 Å². The first-order chi connectivity index (χ1) is 14.4. The largest absolute Gasteiger partial charge is 0.504 e. The summed E-state index contributed by atoms with van der Waals surface area (Å²) < 4.78 is 4.50. The number of hydrogen-bond donors (Lipinski definition) is 2. The van der Waals surface area contributed by atoms with Gasteiger partial charge in [-0.15, -0.1) is 0 Å². The van der Waals surface area contributed by atoms with Crippen LogP contribution >= 0.6 is 0 Å². The number of nitrogens with one attached hydrogen (secondary N) is 1. The summed E-state index contributed by atoms with van der Waals surface area (Å²) in [4.78, 5) is 41.5. The first-order valence-electron chi connectivity index (χ1n) is 8.43. The average Bonchev–Trinajstić information content (AvgIpc) is 2.74. The summed E-state index contributed by atoms with van der Waals surface area (Å²) in [6.07, 6.45) is 2.78. The van der Waals surface area contributed by atoms with E-state index in [9.17, 15) is 19.5 Å². The third-order valence-electron chi connectivity index (χ3n) is 3.79. The fourth-order valence-electron chi connectivity index (χ4n) is 2.45. The smallest absolute Gasteiger partial charge is 0.358 e. The van der Waals surface area contributed by atoms with E-state index in [4.69, 9.17) is 10.5 Å². The second-order valence-corrected chi connectivity index (χ2v) is 5.72. The lowest BCUT2D eigenvalue weighted by atomic mass is 9.94. The van der Waals surface area contributed by atoms with Crippen molar-refractivity contribution in [1.82, 2.24) is 9.97 Å². The van der Waals surface area contributed by atoms with Crippen molar-refractivity contribution in [2.24, 2.45) is 0 Å². The van der Waals surface area contributed by atoms with Crippen LogP contribution in [0.25, 0.3) is 5.76 Å². The number of aliphatic hydroxyl groups excluding tert-OH is 1. The lowest BCUT2D eigenvalue weighted by Gasteiger charge is -2.12. The van der Waals surface area contributed by atoms with Gasteiger partial charge in [0.25, 0.3) is 0 Å². The van der Waals surface area contributed by atoms with Crippen LogP contribution in [0.5, 0.6) is 0 Å². The van der Waals surface area contributed by atoms with Gasteiger partial charge in [0.2, 0.25) is 5.91 Å². The van der Waals surface area contributed by atoms with Crippen LogP contribution in [0.15, 0.2) is 42.2 Å². The summed E-state index contributed by atoms with van der Waals surface area (Å²) in [6.45, 7) is 0. The minimum absolute atomic E-state index is 0.0105. The molecule has 0 saturated heterocycles. The summed E-state index contributed by atoms with van der Waals surface area (Å²) in [5.74, 6) is -1.81. The molecule has 3 rings (SSSR count). The second-order valence-electron chi connectivity index (χ2n) is 5.72. The third kappa shape index (κ3) is 5.03. The summed E-state index contributed by atoms with van der Waals surface area (Å²) in [7, 11) is 1.22. The van der Waals surface area contributed by atoms with Crippen molar-refractivity contribution in [3.63, 3.8) is 0 Å². The molecule has 2 N–H and O–H groups in total. The number of nitrogens with zero attached hydrogens (tertiary/aromatic N) is 4. The standard InChI is InChI=1S/C10H9N3O3.C10H6N2O2/c1-16-10(15)9-7(3-2-6-12-9)13-8(14)4-5-11;11-5-7-8(13)4-6-2-1-3-12-9(6)10(7)14/h2-3,6H,4H2,1H3,(H,13,14);1-3,14H,4H2. The Labute approximate surface area is 171 Å². The average molecular weight is 405 g/mol. The van der Waals surface area contributed by atoms with E-state index in [-0.39, 0.29) is 41.3 Å². The monoisotopic (exact) mass is 405 g/mol. The van der Waals surface area contributed by atoms with Crippen LogP contribution < -0.4 is 5.32 Å². The van der Waals surface area contributed by atoms with Crippen molar-refractivity contribution in [3.05, 3.63) is 59.2 Å². The van der Waals surface area contributed by atoms with Crippen molar-refractivity contribution in [3.8, 4) is 12.1 Å². The number of ether oxygens (including phenoxy) is 1. The zero-order valence-corrected chi connectivity index (χ0v) is 15.7. The number of methoxy groups -OCH3 is 1. The number of amides is 1. The van der Waals surface area contributed by atoms with Gasteiger partial charge in [-0.05, 0) is 23.8 Å². The van der Waals surface area contributed by atoms with Gasteiger partial charge in [-0.25, -0.2) is 9.78 Å². The highest BCUT2D eigenvalue weighted by molar-refractivity contribution is 6.08. The number of ketones is 1. The maximum Gasteiger partial charge on any atom is 0.358 e. The van der Waals surface area contributed by atoms with Gasteiger partial charge in [0, 0.05) is 18.8 Å². The van der Waals surface area contributed by atoms with Crippen molar-refractivity contribution >= 4 is 29.1 Å². The minimum atomic E-state index is -0.646. The van der Waals surface area contributed by atoms with E-state index in [0.717, 1.165) is 0 Å².